The second kappa shape index (κ2) is 7.07. The van der Waals surface area contributed by atoms with E-state index in [9.17, 15) is 4.79 Å². The molecule has 1 saturated heterocycles. The van der Waals surface area contributed by atoms with Gasteiger partial charge < -0.3 is 20.3 Å². The smallest absolute Gasteiger partial charge is 0.325 e. The van der Waals surface area contributed by atoms with Crippen LogP contribution >= 0.6 is 0 Å². The third kappa shape index (κ3) is 4.92. The molecular weight excluding hydrogens is 230 g/mol. The lowest BCUT2D eigenvalue weighted by atomic mass is 9.99. The van der Waals surface area contributed by atoms with Crippen LogP contribution in [0.4, 0.5) is 0 Å². The SMILES string of the molecule is COC(=O)C(C)(N)CCN(C)CCN1CCCC1. The molecule has 5 nitrogen and oxygen atoms in total. The molecule has 0 amide bonds. The average Bonchev–Trinajstić information content (AvgIpc) is 2.86. The van der Waals surface area contributed by atoms with Crippen molar-refractivity contribution in [3.8, 4) is 0 Å². The first-order valence-electron chi connectivity index (χ1n) is 6.74. The van der Waals surface area contributed by atoms with Gasteiger partial charge in [0.15, 0.2) is 0 Å². The monoisotopic (exact) mass is 257 g/mol. The number of carbonyl (C=O) groups excluding carboxylic acids is 1. The third-order valence-corrected chi connectivity index (χ3v) is 3.66. The molecule has 0 aromatic heterocycles. The molecule has 18 heavy (non-hydrogen) atoms. The summed E-state index contributed by atoms with van der Waals surface area (Å²) >= 11 is 0. The maximum atomic E-state index is 11.4. The molecule has 1 aliphatic heterocycles. The zero-order chi connectivity index (χ0) is 13.6. The summed E-state index contributed by atoms with van der Waals surface area (Å²) in [5.41, 5.74) is 5.05. The van der Waals surface area contributed by atoms with Crippen LogP contribution in [0.3, 0.4) is 0 Å². The first-order chi connectivity index (χ1) is 8.45. The zero-order valence-electron chi connectivity index (χ0n) is 11.9. The maximum Gasteiger partial charge on any atom is 0.325 e. The van der Waals surface area contributed by atoms with Crippen molar-refractivity contribution in [2.75, 3.05) is 46.9 Å². The first-order valence-corrected chi connectivity index (χ1v) is 6.74. The number of ether oxygens (including phenoxy) is 1. The number of esters is 1. The Hall–Kier alpha value is -0.650. The summed E-state index contributed by atoms with van der Waals surface area (Å²) in [7, 11) is 3.45. The van der Waals surface area contributed by atoms with Gasteiger partial charge in [-0.05, 0) is 46.3 Å². The van der Waals surface area contributed by atoms with Crippen molar-refractivity contribution in [3.63, 3.8) is 0 Å². The number of carbonyl (C=O) groups is 1. The van der Waals surface area contributed by atoms with Gasteiger partial charge in [0.1, 0.15) is 5.54 Å². The van der Waals surface area contributed by atoms with E-state index in [0.29, 0.717) is 6.42 Å². The molecule has 2 N–H and O–H groups in total. The molecule has 1 heterocycles. The van der Waals surface area contributed by atoms with E-state index < -0.39 is 5.54 Å². The van der Waals surface area contributed by atoms with Crippen molar-refractivity contribution in [1.29, 1.82) is 0 Å². The molecule has 1 atom stereocenters. The molecule has 106 valence electrons. The van der Waals surface area contributed by atoms with E-state index in [-0.39, 0.29) is 5.97 Å². The van der Waals surface area contributed by atoms with Crippen LogP contribution in [0.15, 0.2) is 0 Å². The molecule has 5 heteroatoms. The molecule has 1 aliphatic rings. The van der Waals surface area contributed by atoms with Crippen LogP contribution in [0.25, 0.3) is 0 Å². The minimum absolute atomic E-state index is 0.338. The highest BCUT2D eigenvalue weighted by atomic mass is 16.5. The predicted molar refractivity (Wildman–Crippen MR) is 72.4 cm³/mol. The fourth-order valence-corrected chi connectivity index (χ4v) is 2.19. The van der Waals surface area contributed by atoms with Gasteiger partial charge in [-0.3, -0.25) is 4.79 Å². The van der Waals surface area contributed by atoms with E-state index in [1.165, 1.54) is 33.0 Å². The molecule has 0 aromatic rings. The maximum absolute atomic E-state index is 11.4. The van der Waals surface area contributed by atoms with Gasteiger partial charge in [0, 0.05) is 19.6 Å². The van der Waals surface area contributed by atoms with Crippen LogP contribution in [0, 0.1) is 0 Å². The highest BCUT2D eigenvalue weighted by Gasteiger charge is 2.29. The van der Waals surface area contributed by atoms with Crippen LogP contribution in [-0.4, -0.2) is 68.2 Å². The topological polar surface area (TPSA) is 58.8 Å². The van der Waals surface area contributed by atoms with Gasteiger partial charge in [-0.2, -0.15) is 0 Å². The number of rotatable bonds is 7. The van der Waals surface area contributed by atoms with E-state index in [4.69, 9.17) is 10.5 Å². The van der Waals surface area contributed by atoms with Crippen molar-refractivity contribution in [3.05, 3.63) is 0 Å². The van der Waals surface area contributed by atoms with Gasteiger partial charge in [-0.25, -0.2) is 0 Å². The van der Waals surface area contributed by atoms with Gasteiger partial charge in [0.2, 0.25) is 0 Å². The molecule has 0 aliphatic carbocycles. The second-order valence-corrected chi connectivity index (χ2v) is 5.51. The lowest BCUT2D eigenvalue weighted by Gasteiger charge is -2.26. The number of methoxy groups -OCH3 is 1. The van der Waals surface area contributed by atoms with E-state index in [0.717, 1.165) is 19.6 Å². The van der Waals surface area contributed by atoms with Crippen LogP contribution < -0.4 is 5.73 Å². The number of likely N-dealkylation sites (N-methyl/N-ethyl adjacent to an activating group) is 1. The molecule has 0 spiro atoms. The van der Waals surface area contributed by atoms with Crippen molar-refractivity contribution in [2.45, 2.75) is 31.7 Å². The van der Waals surface area contributed by atoms with Crippen molar-refractivity contribution in [2.24, 2.45) is 5.73 Å². The highest BCUT2D eigenvalue weighted by Crippen LogP contribution is 2.09. The summed E-state index contributed by atoms with van der Waals surface area (Å²) in [6.07, 6.45) is 3.27. The highest BCUT2D eigenvalue weighted by molar-refractivity contribution is 5.79. The summed E-state index contributed by atoms with van der Waals surface area (Å²) in [4.78, 5) is 16.2. The van der Waals surface area contributed by atoms with Crippen molar-refractivity contribution >= 4 is 5.97 Å². The largest absolute Gasteiger partial charge is 0.468 e. The van der Waals surface area contributed by atoms with E-state index >= 15 is 0 Å². The number of likely N-dealkylation sites (tertiary alicyclic amines) is 1. The standard InChI is InChI=1S/C13H27N3O2/c1-13(14,12(17)18-3)6-9-15(2)10-11-16-7-4-5-8-16/h4-11,14H2,1-3H3. The lowest BCUT2D eigenvalue weighted by molar-refractivity contribution is -0.146. The van der Waals surface area contributed by atoms with Gasteiger partial charge >= 0.3 is 5.97 Å². The van der Waals surface area contributed by atoms with Crippen LogP contribution in [0.1, 0.15) is 26.2 Å². The van der Waals surface area contributed by atoms with Gasteiger partial charge in [-0.1, -0.05) is 0 Å². The molecule has 1 fully saturated rings. The molecule has 0 bridgehead atoms. The van der Waals surface area contributed by atoms with Crippen molar-refractivity contribution < 1.29 is 9.53 Å². The zero-order valence-corrected chi connectivity index (χ0v) is 11.9. The molecule has 0 aromatic carbocycles. The molecule has 0 radical (unpaired) electrons. The first kappa shape index (κ1) is 15.4. The normalized spacial score (nSPS) is 20.1. The average molecular weight is 257 g/mol. The van der Waals surface area contributed by atoms with Gasteiger partial charge in [0.05, 0.1) is 7.11 Å². The summed E-state index contributed by atoms with van der Waals surface area (Å²) in [6, 6.07) is 0. The Labute approximate surface area is 110 Å². The second-order valence-electron chi connectivity index (χ2n) is 5.51. The Morgan fingerprint density at radius 1 is 1.39 bits per heavy atom. The summed E-state index contributed by atoms with van der Waals surface area (Å²) in [6.45, 7) is 7.13. The number of hydrogen-bond acceptors (Lipinski definition) is 5. The Morgan fingerprint density at radius 2 is 2.00 bits per heavy atom. The van der Waals surface area contributed by atoms with E-state index in [2.05, 4.69) is 16.8 Å². The Kier molecular flexibility index (Phi) is 6.05. The molecule has 0 saturated carbocycles. The van der Waals surface area contributed by atoms with Crippen molar-refractivity contribution in [1.82, 2.24) is 9.80 Å². The molecule has 1 unspecified atom stereocenters. The minimum atomic E-state index is -0.878. The van der Waals surface area contributed by atoms with Gasteiger partial charge in [0.25, 0.3) is 0 Å². The fourth-order valence-electron chi connectivity index (χ4n) is 2.19. The quantitative estimate of drug-likeness (QED) is 0.665. The number of hydrogen-bond donors (Lipinski definition) is 1. The van der Waals surface area contributed by atoms with Crippen LogP contribution in [0.5, 0.6) is 0 Å². The third-order valence-electron chi connectivity index (χ3n) is 3.66. The van der Waals surface area contributed by atoms with E-state index in [1.54, 1.807) is 6.92 Å². The minimum Gasteiger partial charge on any atom is -0.468 e. The summed E-state index contributed by atoms with van der Waals surface area (Å²) in [5, 5.41) is 0. The van der Waals surface area contributed by atoms with E-state index in [1.807, 2.05) is 0 Å². The number of nitrogens with two attached hydrogens (primary N) is 1. The Balaban J connectivity index is 2.19. The number of nitrogens with zero attached hydrogens (tertiary/aromatic N) is 2. The van der Waals surface area contributed by atoms with Crippen LogP contribution in [-0.2, 0) is 9.53 Å². The molecule has 1 rings (SSSR count). The fraction of sp³-hybridized carbons (Fsp3) is 0.923. The summed E-state index contributed by atoms with van der Waals surface area (Å²) in [5.74, 6) is -0.338. The van der Waals surface area contributed by atoms with Gasteiger partial charge in [-0.15, -0.1) is 0 Å². The predicted octanol–water partition coefficient (Wildman–Crippen LogP) is 0.295. The summed E-state index contributed by atoms with van der Waals surface area (Å²) < 4.78 is 4.70. The lowest BCUT2D eigenvalue weighted by Crippen LogP contribution is -2.48. The Bertz CT molecular complexity index is 263. The molecular formula is C13H27N3O2. The van der Waals surface area contributed by atoms with Crippen LogP contribution in [0.2, 0.25) is 0 Å². The Morgan fingerprint density at radius 3 is 2.56 bits per heavy atom.